The minimum Gasteiger partial charge on any atom is -0.325 e. The summed E-state index contributed by atoms with van der Waals surface area (Å²) in [7, 11) is 0. The lowest BCUT2D eigenvalue weighted by molar-refractivity contribution is 0.243. The average Bonchev–Trinajstić information content (AvgIpc) is 2.64. The molecule has 1 heterocycles. The van der Waals surface area contributed by atoms with Crippen molar-refractivity contribution in [3.05, 3.63) is 0 Å². The van der Waals surface area contributed by atoms with Gasteiger partial charge < -0.3 is 10.6 Å². The van der Waals surface area contributed by atoms with E-state index in [0.29, 0.717) is 0 Å². The van der Waals surface area contributed by atoms with Crippen molar-refractivity contribution in [1.29, 1.82) is 0 Å². The van der Waals surface area contributed by atoms with E-state index in [2.05, 4.69) is 11.8 Å². The SMILES string of the molecule is CCC1CCCN(CCC2(N)CCCC2)CC1. The van der Waals surface area contributed by atoms with Gasteiger partial charge in [-0.05, 0) is 64.1 Å². The molecule has 1 saturated carbocycles. The average molecular weight is 238 g/mol. The van der Waals surface area contributed by atoms with Crippen LogP contribution in [0.3, 0.4) is 0 Å². The molecule has 0 amide bonds. The van der Waals surface area contributed by atoms with Gasteiger partial charge in [0.2, 0.25) is 0 Å². The van der Waals surface area contributed by atoms with Crippen LogP contribution in [-0.4, -0.2) is 30.1 Å². The van der Waals surface area contributed by atoms with Crippen molar-refractivity contribution in [1.82, 2.24) is 4.90 Å². The molecule has 0 aromatic heterocycles. The summed E-state index contributed by atoms with van der Waals surface area (Å²) in [5.74, 6) is 0.985. The maximum Gasteiger partial charge on any atom is 0.0166 e. The van der Waals surface area contributed by atoms with Crippen LogP contribution in [0.2, 0.25) is 0 Å². The van der Waals surface area contributed by atoms with E-state index in [1.54, 1.807) is 0 Å². The van der Waals surface area contributed by atoms with Gasteiger partial charge in [0.15, 0.2) is 0 Å². The molecule has 0 aromatic rings. The summed E-state index contributed by atoms with van der Waals surface area (Å²) in [5, 5.41) is 0. The molecule has 2 N–H and O–H groups in total. The lowest BCUT2D eigenvalue weighted by Gasteiger charge is -2.28. The first-order chi connectivity index (χ1) is 8.22. The zero-order chi connectivity index (χ0) is 12.1. The monoisotopic (exact) mass is 238 g/mol. The molecule has 100 valence electrons. The van der Waals surface area contributed by atoms with Crippen molar-refractivity contribution < 1.29 is 0 Å². The lowest BCUT2D eigenvalue weighted by Crippen LogP contribution is -2.40. The topological polar surface area (TPSA) is 29.3 Å². The zero-order valence-electron chi connectivity index (χ0n) is 11.6. The predicted molar refractivity (Wildman–Crippen MR) is 74.1 cm³/mol. The van der Waals surface area contributed by atoms with Crippen molar-refractivity contribution in [2.75, 3.05) is 19.6 Å². The van der Waals surface area contributed by atoms with Crippen molar-refractivity contribution in [3.8, 4) is 0 Å². The standard InChI is InChI=1S/C15H30N2/c1-2-14-6-5-11-17(12-7-14)13-10-15(16)8-3-4-9-15/h14H,2-13,16H2,1H3. The van der Waals surface area contributed by atoms with E-state index in [9.17, 15) is 0 Å². The van der Waals surface area contributed by atoms with Crippen molar-refractivity contribution in [2.45, 2.75) is 70.3 Å². The second-order valence-corrected chi connectivity index (χ2v) is 6.37. The molecule has 0 bridgehead atoms. The van der Waals surface area contributed by atoms with Crippen LogP contribution in [0, 0.1) is 5.92 Å². The number of nitrogens with two attached hydrogens (primary N) is 1. The van der Waals surface area contributed by atoms with Crippen LogP contribution in [0.5, 0.6) is 0 Å². The first-order valence-corrected chi connectivity index (χ1v) is 7.73. The largest absolute Gasteiger partial charge is 0.325 e. The first-order valence-electron chi connectivity index (χ1n) is 7.73. The van der Waals surface area contributed by atoms with Gasteiger partial charge in [0.1, 0.15) is 0 Å². The van der Waals surface area contributed by atoms with E-state index in [-0.39, 0.29) is 5.54 Å². The molecule has 0 aromatic carbocycles. The summed E-state index contributed by atoms with van der Waals surface area (Å²) in [4.78, 5) is 2.67. The zero-order valence-corrected chi connectivity index (χ0v) is 11.6. The van der Waals surface area contributed by atoms with Crippen LogP contribution < -0.4 is 5.73 Å². The van der Waals surface area contributed by atoms with Crippen LogP contribution in [0.4, 0.5) is 0 Å². The predicted octanol–water partition coefficient (Wildman–Crippen LogP) is 3.16. The molecule has 17 heavy (non-hydrogen) atoms. The molecule has 0 spiro atoms. The Bertz CT molecular complexity index is 221. The van der Waals surface area contributed by atoms with Crippen LogP contribution in [0.15, 0.2) is 0 Å². The molecule has 2 rings (SSSR count). The Morgan fingerprint density at radius 3 is 2.59 bits per heavy atom. The summed E-state index contributed by atoms with van der Waals surface area (Å²) in [6, 6.07) is 0. The maximum absolute atomic E-state index is 6.44. The molecule has 2 fully saturated rings. The quantitative estimate of drug-likeness (QED) is 0.815. The fourth-order valence-electron chi connectivity index (χ4n) is 3.57. The molecule has 1 saturated heterocycles. The molecule has 1 atom stereocenters. The van der Waals surface area contributed by atoms with Gasteiger partial charge in [-0.2, -0.15) is 0 Å². The summed E-state index contributed by atoms with van der Waals surface area (Å²) in [5.41, 5.74) is 6.63. The Morgan fingerprint density at radius 1 is 1.12 bits per heavy atom. The molecule has 2 aliphatic rings. The Labute approximate surface area is 107 Å². The number of likely N-dealkylation sites (tertiary alicyclic amines) is 1. The van der Waals surface area contributed by atoms with Gasteiger partial charge in [-0.15, -0.1) is 0 Å². The molecule has 1 aliphatic carbocycles. The van der Waals surface area contributed by atoms with Crippen molar-refractivity contribution in [3.63, 3.8) is 0 Å². The molecule has 2 nitrogen and oxygen atoms in total. The highest BCUT2D eigenvalue weighted by molar-refractivity contribution is 4.90. The Hall–Kier alpha value is -0.0800. The third-order valence-corrected chi connectivity index (χ3v) is 5.04. The Balaban J connectivity index is 1.71. The summed E-state index contributed by atoms with van der Waals surface area (Å²) >= 11 is 0. The smallest absolute Gasteiger partial charge is 0.0166 e. The molecular weight excluding hydrogens is 208 g/mol. The van der Waals surface area contributed by atoms with Gasteiger partial charge in [0.25, 0.3) is 0 Å². The van der Waals surface area contributed by atoms with E-state index in [4.69, 9.17) is 5.73 Å². The van der Waals surface area contributed by atoms with Crippen LogP contribution >= 0.6 is 0 Å². The fraction of sp³-hybridized carbons (Fsp3) is 1.00. The van der Waals surface area contributed by atoms with Crippen LogP contribution in [-0.2, 0) is 0 Å². The van der Waals surface area contributed by atoms with Gasteiger partial charge in [-0.3, -0.25) is 0 Å². The van der Waals surface area contributed by atoms with Gasteiger partial charge in [-0.25, -0.2) is 0 Å². The second kappa shape index (κ2) is 6.19. The summed E-state index contributed by atoms with van der Waals surface area (Å²) in [6.45, 7) is 6.21. The van der Waals surface area contributed by atoms with E-state index in [1.165, 1.54) is 77.4 Å². The molecule has 1 aliphatic heterocycles. The third-order valence-electron chi connectivity index (χ3n) is 5.04. The Kier molecular flexibility index (Phi) is 4.87. The highest BCUT2D eigenvalue weighted by Gasteiger charge is 2.29. The van der Waals surface area contributed by atoms with E-state index >= 15 is 0 Å². The highest BCUT2D eigenvalue weighted by atomic mass is 15.1. The van der Waals surface area contributed by atoms with Crippen molar-refractivity contribution in [2.24, 2.45) is 11.7 Å². The van der Waals surface area contributed by atoms with Crippen LogP contribution in [0.1, 0.15) is 64.7 Å². The molecule has 2 heteroatoms. The minimum atomic E-state index is 0.191. The van der Waals surface area contributed by atoms with Gasteiger partial charge in [-0.1, -0.05) is 26.2 Å². The summed E-state index contributed by atoms with van der Waals surface area (Å²) < 4.78 is 0. The second-order valence-electron chi connectivity index (χ2n) is 6.37. The lowest BCUT2D eigenvalue weighted by atomic mass is 9.94. The Morgan fingerprint density at radius 2 is 1.88 bits per heavy atom. The number of nitrogens with zero attached hydrogens (tertiary/aromatic N) is 1. The maximum atomic E-state index is 6.44. The van der Waals surface area contributed by atoms with Gasteiger partial charge >= 0.3 is 0 Å². The van der Waals surface area contributed by atoms with E-state index in [1.807, 2.05) is 0 Å². The number of rotatable bonds is 4. The third kappa shape index (κ3) is 3.96. The van der Waals surface area contributed by atoms with Crippen LogP contribution in [0.25, 0.3) is 0 Å². The van der Waals surface area contributed by atoms with E-state index in [0.717, 1.165) is 5.92 Å². The highest BCUT2D eigenvalue weighted by Crippen LogP contribution is 2.30. The number of hydrogen-bond acceptors (Lipinski definition) is 2. The van der Waals surface area contributed by atoms with Crippen molar-refractivity contribution >= 4 is 0 Å². The summed E-state index contributed by atoms with van der Waals surface area (Å²) in [6.07, 6.45) is 12.1. The van der Waals surface area contributed by atoms with E-state index < -0.39 is 0 Å². The normalized spacial score (nSPS) is 30.4. The fourth-order valence-corrected chi connectivity index (χ4v) is 3.57. The molecule has 1 unspecified atom stereocenters. The van der Waals surface area contributed by atoms with Gasteiger partial charge in [0, 0.05) is 5.54 Å². The minimum absolute atomic E-state index is 0.191. The molecule has 0 radical (unpaired) electrons. The number of hydrogen-bond donors (Lipinski definition) is 1. The van der Waals surface area contributed by atoms with Gasteiger partial charge in [0.05, 0.1) is 0 Å². The first kappa shape index (κ1) is 13.4. The molecular formula is C15H30N2.